The molecule has 0 N–H and O–H groups in total. The van der Waals surface area contributed by atoms with Crippen LogP contribution in [0, 0.1) is 17.0 Å². The lowest BCUT2D eigenvalue weighted by molar-refractivity contribution is -0.134. The summed E-state index contributed by atoms with van der Waals surface area (Å²) in [5, 5.41) is 0. The average molecular weight is 281 g/mol. The Balaban J connectivity index is 2.11. The molecule has 1 amide bonds. The summed E-state index contributed by atoms with van der Waals surface area (Å²) in [6, 6.07) is 3.74. The molecule has 0 saturated heterocycles. The third-order valence-electron chi connectivity index (χ3n) is 3.35. The smallest absolute Gasteiger partial charge is 0.223 e. The van der Waals surface area contributed by atoms with E-state index < -0.39 is 11.6 Å². The minimum atomic E-state index is -0.592. The van der Waals surface area contributed by atoms with E-state index in [1.165, 1.54) is 12.1 Å². The summed E-state index contributed by atoms with van der Waals surface area (Å²) >= 11 is 0. The quantitative estimate of drug-likeness (QED) is 0.820. The molecule has 0 spiro atoms. The van der Waals surface area contributed by atoms with Crippen LogP contribution < -0.4 is 0 Å². The molecule has 0 atom stereocenters. The lowest BCUT2D eigenvalue weighted by Gasteiger charge is -2.27. The van der Waals surface area contributed by atoms with E-state index in [1.807, 2.05) is 20.8 Å². The normalized spacial score (nSPS) is 15.2. The van der Waals surface area contributed by atoms with Crippen molar-refractivity contribution in [3.05, 3.63) is 35.4 Å². The zero-order chi connectivity index (χ0) is 14.9. The molecule has 1 aliphatic rings. The number of carbonyl (C=O) groups is 1. The number of rotatable bonds is 4. The Kier molecular flexibility index (Phi) is 4.11. The van der Waals surface area contributed by atoms with Gasteiger partial charge in [-0.1, -0.05) is 26.8 Å². The van der Waals surface area contributed by atoms with Crippen LogP contribution in [0.5, 0.6) is 0 Å². The maximum atomic E-state index is 13.7. The maximum absolute atomic E-state index is 13.7. The Morgan fingerprint density at radius 2 is 1.95 bits per heavy atom. The summed E-state index contributed by atoms with van der Waals surface area (Å²) in [7, 11) is 0. The summed E-state index contributed by atoms with van der Waals surface area (Å²) in [4.78, 5) is 14.1. The van der Waals surface area contributed by atoms with E-state index in [0.717, 1.165) is 18.9 Å². The number of carbonyl (C=O) groups excluding carboxylic acids is 1. The third-order valence-corrected chi connectivity index (χ3v) is 3.35. The summed E-state index contributed by atoms with van der Waals surface area (Å²) in [6.45, 7) is 6.25. The second-order valence-electron chi connectivity index (χ2n) is 6.73. The molecule has 0 heterocycles. The molecular formula is C16H21F2NO. The zero-order valence-electron chi connectivity index (χ0n) is 12.2. The molecular weight excluding hydrogens is 260 g/mol. The molecule has 4 heteroatoms. The molecule has 1 fully saturated rings. The SMILES string of the molecule is CC(C)(C)CC(=O)N(Cc1ccc(F)cc1F)C1CC1. The van der Waals surface area contributed by atoms with Crippen LogP contribution in [-0.4, -0.2) is 16.8 Å². The lowest BCUT2D eigenvalue weighted by atomic mass is 9.91. The predicted octanol–water partition coefficient (Wildman–Crippen LogP) is 3.89. The second kappa shape index (κ2) is 5.51. The van der Waals surface area contributed by atoms with Crippen LogP contribution in [0.4, 0.5) is 8.78 Å². The first kappa shape index (κ1) is 14.9. The van der Waals surface area contributed by atoms with Crippen molar-refractivity contribution >= 4 is 5.91 Å². The van der Waals surface area contributed by atoms with Gasteiger partial charge in [-0.15, -0.1) is 0 Å². The molecule has 0 bridgehead atoms. The van der Waals surface area contributed by atoms with E-state index in [0.29, 0.717) is 12.0 Å². The van der Waals surface area contributed by atoms with Gasteiger partial charge in [0.2, 0.25) is 5.91 Å². The Labute approximate surface area is 118 Å². The minimum absolute atomic E-state index is 0.0451. The van der Waals surface area contributed by atoms with Crippen molar-refractivity contribution in [2.45, 2.75) is 52.6 Å². The number of nitrogens with zero attached hydrogens (tertiary/aromatic N) is 1. The van der Waals surface area contributed by atoms with E-state index in [-0.39, 0.29) is 23.9 Å². The molecule has 2 rings (SSSR count). The van der Waals surface area contributed by atoms with Crippen LogP contribution in [0.2, 0.25) is 0 Å². The highest BCUT2D eigenvalue weighted by atomic mass is 19.1. The first-order valence-corrected chi connectivity index (χ1v) is 7.00. The van der Waals surface area contributed by atoms with Crippen LogP contribution in [0.25, 0.3) is 0 Å². The molecule has 0 aromatic heterocycles. The Bertz CT molecular complexity index is 504. The molecule has 110 valence electrons. The second-order valence-corrected chi connectivity index (χ2v) is 6.73. The van der Waals surface area contributed by atoms with Gasteiger partial charge in [-0.3, -0.25) is 4.79 Å². The maximum Gasteiger partial charge on any atom is 0.223 e. The van der Waals surface area contributed by atoms with Gasteiger partial charge in [-0.25, -0.2) is 8.78 Å². The molecule has 0 aliphatic heterocycles. The number of amides is 1. The van der Waals surface area contributed by atoms with Crippen molar-refractivity contribution in [3.8, 4) is 0 Å². The Morgan fingerprint density at radius 3 is 2.45 bits per heavy atom. The first-order valence-electron chi connectivity index (χ1n) is 7.00. The lowest BCUT2D eigenvalue weighted by Crippen LogP contribution is -2.35. The van der Waals surface area contributed by atoms with Gasteiger partial charge in [-0.05, 0) is 24.3 Å². The van der Waals surface area contributed by atoms with Gasteiger partial charge < -0.3 is 4.90 Å². The topological polar surface area (TPSA) is 20.3 Å². The molecule has 1 aromatic rings. The fraction of sp³-hybridized carbons (Fsp3) is 0.562. The molecule has 2 nitrogen and oxygen atoms in total. The summed E-state index contributed by atoms with van der Waals surface area (Å²) in [5.41, 5.74) is 0.284. The van der Waals surface area contributed by atoms with Crippen LogP contribution >= 0.6 is 0 Å². The van der Waals surface area contributed by atoms with Crippen LogP contribution in [0.15, 0.2) is 18.2 Å². The van der Waals surface area contributed by atoms with Crippen molar-refractivity contribution in [1.82, 2.24) is 4.90 Å². The van der Waals surface area contributed by atoms with E-state index >= 15 is 0 Å². The summed E-state index contributed by atoms with van der Waals surface area (Å²) in [5.74, 6) is -1.13. The average Bonchev–Trinajstić information content (AvgIpc) is 3.09. The van der Waals surface area contributed by atoms with Crippen LogP contribution in [0.3, 0.4) is 0 Å². The highest BCUT2D eigenvalue weighted by molar-refractivity contribution is 5.77. The van der Waals surface area contributed by atoms with Crippen molar-refractivity contribution in [2.24, 2.45) is 5.41 Å². The number of benzene rings is 1. The highest BCUT2D eigenvalue weighted by Gasteiger charge is 2.34. The number of hydrogen-bond donors (Lipinski definition) is 0. The standard InChI is InChI=1S/C16H21F2NO/c1-16(2,3)9-15(20)19(13-6-7-13)10-11-4-5-12(17)8-14(11)18/h4-5,8,13H,6-7,9-10H2,1-3H3. The molecule has 1 saturated carbocycles. The van der Waals surface area contributed by atoms with Crippen molar-refractivity contribution < 1.29 is 13.6 Å². The fourth-order valence-electron chi connectivity index (χ4n) is 2.20. The molecule has 0 radical (unpaired) electrons. The monoisotopic (exact) mass is 281 g/mol. The molecule has 1 aromatic carbocycles. The van der Waals surface area contributed by atoms with E-state index in [1.54, 1.807) is 4.90 Å². The fourth-order valence-corrected chi connectivity index (χ4v) is 2.20. The van der Waals surface area contributed by atoms with E-state index in [9.17, 15) is 13.6 Å². The molecule has 20 heavy (non-hydrogen) atoms. The number of halogens is 2. The minimum Gasteiger partial charge on any atom is -0.335 e. The predicted molar refractivity (Wildman–Crippen MR) is 74.0 cm³/mol. The van der Waals surface area contributed by atoms with Crippen molar-refractivity contribution in [3.63, 3.8) is 0 Å². The Hall–Kier alpha value is -1.45. The first-order chi connectivity index (χ1) is 9.26. The third kappa shape index (κ3) is 4.02. The van der Waals surface area contributed by atoms with Gasteiger partial charge in [0.05, 0.1) is 0 Å². The van der Waals surface area contributed by atoms with Gasteiger partial charge in [-0.2, -0.15) is 0 Å². The van der Waals surface area contributed by atoms with Gasteiger partial charge in [0, 0.05) is 30.6 Å². The van der Waals surface area contributed by atoms with Gasteiger partial charge in [0.1, 0.15) is 11.6 Å². The van der Waals surface area contributed by atoms with Crippen molar-refractivity contribution in [1.29, 1.82) is 0 Å². The van der Waals surface area contributed by atoms with E-state index in [4.69, 9.17) is 0 Å². The van der Waals surface area contributed by atoms with Gasteiger partial charge in [0.15, 0.2) is 0 Å². The van der Waals surface area contributed by atoms with Crippen molar-refractivity contribution in [2.75, 3.05) is 0 Å². The number of hydrogen-bond acceptors (Lipinski definition) is 1. The van der Waals surface area contributed by atoms with E-state index in [2.05, 4.69) is 0 Å². The van der Waals surface area contributed by atoms with Gasteiger partial charge >= 0.3 is 0 Å². The molecule has 1 aliphatic carbocycles. The largest absolute Gasteiger partial charge is 0.335 e. The van der Waals surface area contributed by atoms with Crippen LogP contribution in [-0.2, 0) is 11.3 Å². The van der Waals surface area contributed by atoms with Crippen LogP contribution in [0.1, 0.15) is 45.6 Å². The zero-order valence-corrected chi connectivity index (χ0v) is 12.2. The summed E-state index contributed by atoms with van der Waals surface area (Å²) in [6.07, 6.45) is 2.38. The molecule has 0 unspecified atom stereocenters. The van der Waals surface area contributed by atoms with Gasteiger partial charge in [0.25, 0.3) is 0 Å². The highest BCUT2D eigenvalue weighted by Crippen LogP contribution is 2.31. The summed E-state index contributed by atoms with van der Waals surface area (Å²) < 4.78 is 26.6. The Morgan fingerprint density at radius 1 is 1.30 bits per heavy atom.